The number of hydrogen-bond acceptors (Lipinski definition) is 3. The van der Waals surface area contributed by atoms with Crippen LogP contribution in [0.2, 0.25) is 0 Å². The lowest BCUT2D eigenvalue weighted by Gasteiger charge is -2.28. The van der Waals surface area contributed by atoms with E-state index in [2.05, 4.69) is 17.4 Å². The number of likely N-dealkylation sites (N-methyl/N-ethyl adjacent to an activating group) is 1. The number of rotatable bonds is 6. The van der Waals surface area contributed by atoms with Gasteiger partial charge in [-0.15, -0.1) is 0 Å². The number of hydrogen-bond donors (Lipinski definition) is 1. The van der Waals surface area contributed by atoms with Crippen LogP contribution in [0.3, 0.4) is 0 Å². The zero-order chi connectivity index (χ0) is 15.2. The van der Waals surface area contributed by atoms with E-state index < -0.39 is 0 Å². The van der Waals surface area contributed by atoms with Gasteiger partial charge in [0.25, 0.3) is 0 Å². The minimum atomic E-state index is 0.176. The lowest BCUT2D eigenvalue weighted by molar-refractivity contribution is -0.130. The van der Waals surface area contributed by atoms with E-state index in [0.717, 1.165) is 38.1 Å². The summed E-state index contributed by atoms with van der Waals surface area (Å²) in [6.07, 6.45) is 3.35. The summed E-state index contributed by atoms with van der Waals surface area (Å²) >= 11 is 0. The number of benzene rings is 1. The lowest BCUT2D eigenvalue weighted by Crippen LogP contribution is -2.39. The number of nitrogens with one attached hydrogen (secondary N) is 1. The maximum Gasteiger partial charge on any atom is 0.236 e. The molecule has 1 aliphatic carbocycles. The molecule has 4 nitrogen and oxygen atoms in total. The summed E-state index contributed by atoms with van der Waals surface area (Å²) in [5.41, 5.74) is 2.66. The molecule has 2 rings (SSSR count). The number of methoxy groups -OCH3 is 1. The number of aryl methyl sites for hydroxylation is 1. The molecule has 0 aliphatic heterocycles. The van der Waals surface area contributed by atoms with Crippen LogP contribution in [0.1, 0.15) is 43.9 Å². The van der Waals surface area contributed by atoms with Crippen LogP contribution in [0.4, 0.5) is 0 Å². The van der Waals surface area contributed by atoms with Crippen LogP contribution in [-0.4, -0.2) is 37.6 Å². The van der Waals surface area contributed by atoms with Crippen LogP contribution in [0.25, 0.3) is 0 Å². The van der Waals surface area contributed by atoms with Gasteiger partial charge >= 0.3 is 0 Å². The van der Waals surface area contributed by atoms with Gasteiger partial charge in [0.15, 0.2) is 0 Å². The first-order valence-electron chi connectivity index (χ1n) is 7.87. The van der Waals surface area contributed by atoms with E-state index in [9.17, 15) is 4.79 Å². The molecule has 0 saturated heterocycles. The predicted molar refractivity (Wildman–Crippen MR) is 84.6 cm³/mol. The summed E-state index contributed by atoms with van der Waals surface area (Å²) in [4.78, 5) is 14.0. The van der Waals surface area contributed by atoms with Crippen molar-refractivity contribution in [2.75, 3.05) is 26.7 Å². The lowest BCUT2D eigenvalue weighted by atomic mass is 9.87. The van der Waals surface area contributed by atoms with Gasteiger partial charge in [0.05, 0.1) is 13.7 Å². The largest absolute Gasteiger partial charge is 0.497 e. The Kier molecular flexibility index (Phi) is 5.62. The topological polar surface area (TPSA) is 41.6 Å². The number of nitrogens with zero attached hydrogens (tertiary/aromatic N) is 1. The number of ether oxygens (including phenoxy) is 1. The second kappa shape index (κ2) is 7.46. The molecule has 0 aromatic heterocycles. The molecule has 4 heteroatoms. The smallest absolute Gasteiger partial charge is 0.236 e. The standard InChI is InChI=1S/C17H26N2O2/c1-4-19(5-2)17(20)12-18-16-8-6-7-13-9-10-14(21-3)11-15(13)16/h9-11,16,18H,4-8,12H2,1-3H3. The fourth-order valence-electron chi connectivity index (χ4n) is 3.01. The molecule has 116 valence electrons. The SMILES string of the molecule is CCN(CC)C(=O)CNC1CCCc2ccc(OC)cc21. The highest BCUT2D eigenvalue weighted by Crippen LogP contribution is 2.32. The third-order valence-corrected chi connectivity index (χ3v) is 4.28. The predicted octanol–water partition coefficient (Wildman–Crippen LogP) is 2.53. The number of carbonyl (C=O) groups is 1. The zero-order valence-electron chi connectivity index (χ0n) is 13.3. The Balaban J connectivity index is 2.04. The first kappa shape index (κ1) is 15.8. The van der Waals surface area contributed by atoms with E-state index >= 15 is 0 Å². The van der Waals surface area contributed by atoms with Crippen molar-refractivity contribution in [3.05, 3.63) is 29.3 Å². The fourth-order valence-corrected chi connectivity index (χ4v) is 3.01. The van der Waals surface area contributed by atoms with Crippen molar-refractivity contribution in [1.29, 1.82) is 0 Å². The molecular formula is C17H26N2O2. The zero-order valence-corrected chi connectivity index (χ0v) is 13.3. The molecule has 0 heterocycles. The highest BCUT2D eigenvalue weighted by molar-refractivity contribution is 5.78. The molecule has 1 atom stereocenters. The molecule has 1 amide bonds. The highest BCUT2D eigenvalue weighted by atomic mass is 16.5. The number of amides is 1. The molecule has 1 aromatic carbocycles. The molecule has 0 bridgehead atoms. The van der Waals surface area contributed by atoms with Gasteiger partial charge in [0, 0.05) is 19.1 Å². The average molecular weight is 290 g/mol. The van der Waals surface area contributed by atoms with Crippen molar-refractivity contribution < 1.29 is 9.53 Å². The van der Waals surface area contributed by atoms with Crippen molar-refractivity contribution in [1.82, 2.24) is 10.2 Å². The van der Waals surface area contributed by atoms with Crippen molar-refractivity contribution in [3.8, 4) is 5.75 Å². The van der Waals surface area contributed by atoms with E-state index in [4.69, 9.17) is 4.74 Å². The summed E-state index contributed by atoms with van der Waals surface area (Å²) in [7, 11) is 1.69. The van der Waals surface area contributed by atoms with Gasteiger partial charge in [0.1, 0.15) is 5.75 Å². The molecule has 0 spiro atoms. The third kappa shape index (κ3) is 3.76. The fraction of sp³-hybridized carbons (Fsp3) is 0.588. The third-order valence-electron chi connectivity index (χ3n) is 4.28. The van der Waals surface area contributed by atoms with E-state index in [0.29, 0.717) is 6.54 Å². The van der Waals surface area contributed by atoms with Crippen LogP contribution >= 0.6 is 0 Å². The van der Waals surface area contributed by atoms with Gasteiger partial charge in [-0.05, 0) is 56.4 Å². The molecule has 1 unspecified atom stereocenters. The van der Waals surface area contributed by atoms with Crippen molar-refractivity contribution >= 4 is 5.91 Å². The highest BCUT2D eigenvalue weighted by Gasteiger charge is 2.21. The van der Waals surface area contributed by atoms with E-state index in [1.165, 1.54) is 11.1 Å². The second-order valence-corrected chi connectivity index (χ2v) is 5.46. The molecule has 21 heavy (non-hydrogen) atoms. The van der Waals surface area contributed by atoms with E-state index in [1.54, 1.807) is 7.11 Å². The Morgan fingerprint density at radius 3 is 2.81 bits per heavy atom. The normalized spacial score (nSPS) is 17.2. The van der Waals surface area contributed by atoms with Gasteiger partial charge < -0.3 is 15.0 Å². The summed E-state index contributed by atoms with van der Waals surface area (Å²) < 4.78 is 5.32. The minimum Gasteiger partial charge on any atom is -0.497 e. The second-order valence-electron chi connectivity index (χ2n) is 5.46. The molecular weight excluding hydrogens is 264 g/mol. The molecule has 0 fully saturated rings. The van der Waals surface area contributed by atoms with Crippen LogP contribution in [-0.2, 0) is 11.2 Å². The first-order chi connectivity index (χ1) is 10.2. The Hall–Kier alpha value is -1.55. The molecule has 0 saturated carbocycles. The Bertz CT molecular complexity index is 484. The van der Waals surface area contributed by atoms with E-state index in [1.807, 2.05) is 24.8 Å². The molecule has 0 radical (unpaired) electrons. The summed E-state index contributed by atoms with van der Waals surface area (Å²) in [5, 5.41) is 3.43. The number of fused-ring (bicyclic) bond motifs is 1. The average Bonchev–Trinajstić information content (AvgIpc) is 2.53. The van der Waals surface area contributed by atoms with Gasteiger partial charge in [-0.1, -0.05) is 6.07 Å². The summed E-state index contributed by atoms with van der Waals surface area (Å²) in [6.45, 7) is 5.98. The van der Waals surface area contributed by atoms with E-state index in [-0.39, 0.29) is 11.9 Å². The molecule has 1 N–H and O–H groups in total. The summed E-state index contributed by atoms with van der Waals surface area (Å²) in [6, 6.07) is 6.52. The quantitative estimate of drug-likeness (QED) is 0.875. The van der Waals surface area contributed by atoms with Crippen LogP contribution in [0.15, 0.2) is 18.2 Å². The Morgan fingerprint density at radius 2 is 2.14 bits per heavy atom. The van der Waals surface area contributed by atoms with Crippen LogP contribution < -0.4 is 10.1 Å². The maximum absolute atomic E-state index is 12.1. The van der Waals surface area contributed by atoms with Gasteiger partial charge in [-0.3, -0.25) is 4.79 Å². The van der Waals surface area contributed by atoms with Gasteiger partial charge in [0.2, 0.25) is 5.91 Å². The first-order valence-corrected chi connectivity index (χ1v) is 7.87. The Labute approximate surface area is 127 Å². The van der Waals surface area contributed by atoms with Crippen LogP contribution in [0, 0.1) is 0 Å². The van der Waals surface area contributed by atoms with Crippen molar-refractivity contribution in [2.45, 2.75) is 39.2 Å². The van der Waals surface area contributed by atoms with Crippen molar-refractivity contribution in [3.63, 3.8) is 0 Å². The monoisotopic (exact) mass is 290 g/mol. The van der Waals surface area contributed by atoms with Gasteiger partial charge in [-0.2, -0.15) is 0 Å². The minimum absolute atomic E-state index is 0.176. The molecule has 1 aliphatic rings. The van der Waals surface area contributed by atoms with Crippen molar-refractivity contribution in [2.24, 2.45) is 0 Å². The maximum atomic E-state index is 12.1. The van der Waals surface area contributed by atoms with Crippen LogP contribution in [0.5, 0.6) is 5.75 Å². The van der Waals surface area contributed by atoms with Gasteiger partial charge in [-0.25, -0.2) is 0 Å². The number of carbonyl (C=O) groups excluding carboxylic acids is 1. The summed E-state index contributed by atoms with van der Waals surface area (Å²) in [5.74, 6) is 1.06. The Morgan fingerprint density at radius 1 is 1.38 bits per heavy atom. The molecule has 1 aromatic rings.